The molecule has 0 saturated carbocycles. The van der Waals surface area contributed by atoms with Crippen LogP contribution in [0.15, 0.2) is 36.5 Å². The van der Waals surface area contributed by atoms with Gasteiger partial charge < -0.3 is 10.4 Å². The van der Waals surface area contributed by atoms with E-state index in [1.807, 2.05) is 45.0 Å². The minimum atomic E-state index is -0.734. The molecule has 6 heteroatoms. The van der Waals surface area contributed by atoms with Gasteiger partial charge in [-0.3, -0.25) is 5.32 Å². The number of carbonyl (C=O) groups excluding carboxylic acids is 1. The summed E-state index contributed by atoms with van der Waals surface area (Å²) < 4.78 is 1.72. The molecule has 1 aromatic heterocycles. The normalized spacial score (nSPS) is 12.2. The van der Waals surface area contributed by atoms with E-state index in [2.05, 4.69) is 15.7 Å². The van der Waals surface area contributed by atoms with Gasteiger partial charge in [-0.1, -0.05) is 24.3 Å². The number of hydrogen-bond acceptors (Lipinski definition) is 3. The molecule has 0 radical (unpaired) electrons. The van der Waals surface area contributed by atoms with E-state index in [-0.39, 0.29) is 18.6 Å². The molecule has 1 atom stereocenters. The molecule has 0 aliphatic carbocycles. The quantitative estimate of drug-likeness (QED) is 0.794. The smallest absolute Gasteiger partial charge is 0.320 e. The maximum absolute atomic E-state index is 11.9. The fourth-order valence-corrected chi connectivity index (χ4v) is 2.25. The number of nitrogens with one attached hydrogen (secondary N) is 2. The Morgan fingerprint density at radius 1 is 1.32 bits per heavy atom. The second-order valence-electron chi connectivity index (χ2n) is 5.46. The summed E-state index contributed by atoms with van der Waals surface area (Å²) in [5.74, 6) is 0.623. The van der Waals surface area contributed by atoms with Crippen molar-refractivity contribution in [3.05, 3.63) is 47.7 Å². The fraction of sp³-hybridized carbons (Fsp3) is 0.375. The summed E-state index contributed by atoms with van der Waals surface area (Å²) in [5.41, 5.74) is 1.81. The van der Waals surface area contributed by atoms with Gasteiger partial charge in [-0.05, 0) is 31.9 Å². The van der Waals surface area contributed by atoms with E-state index in [1.165, 1.54) is 0 Å². The maximum atomic E-state index is 11.9. The van der Waals surface area contributed by atoms with Gasteiger partial charge >= 0.3 is 6.03 Å². The lowest BCUT2D eigenvalue weighted by Gasteiger charge is -2.16. The van der Waals surface area contributed by atoms with Crippen LogP contribution in [0.1, 0.15) is 37.1 Å². The fourth-order valence-electron chi connectivity index (χ4n) is 2.25. The Kier molecular flexibility index (Phi) is 5.16. The van der Waals surface area contributed by atoms with Crippen LogP contribution < -0.4 is 10.6 Å². The Balaban J connectivity index is 1.90. The zero-order valence-electron chi connectivity index (χ0n) is 13.1. The van der Waals surface area contributed by atoms with Crippen LogP contribution in [-0.2, 0) is 0 Å². The van der Waals surface area contributed by atoms with Crippen molar-refractivity contribution in [3.8, 4) is 0 Å². The van der Waals surface area contributed by atoms with Gasteiger partial charge in [-0.25, -0.2) is 9.48 Å². The first-order chi connectivity index (χ1) is 10.5. The van der Waals surface area contributed by atoms with E-state index in [9.17, 15) is 9.90 Å². The number of aryl methyl sites for hydroxylation is 1. The van der Waals surface area contributed by atoms with Crippen molar-refractivity contribution in [1.29, 1.82) is 0 Å². The molecular weight excluding hydrogens is 280 g/mol. The zero-order chi connectivity index (χ0) is 16.1. The van der Waals surface area contributed by atoms with Crippen LogP contribution >= 0.6 is 0 Å². The summed E-state index contributed by atoms with van der Waals surface area (Å²) in [4.78, 5) is 11.9. The largest absolute Gasteiger partial charge is 0.387 e. The number of hydrogen-bond donors (Lipinski definition) is 3. The lowest BCUT2D eigenvalue weighted by atomic mass is 10.0. The van der Waals surface area contributed by atoms with Gasteiger partial charge in [-0.2, -0.15) is 5.10 Å². The van der Waals surface area contributed by atoms with Crippen molar-refractivity contribution in [2.45, 2.75) is 32.9 Å². The van der Waals surface area contributed by atoms with Crippen molar-refractivity contribution in [1.82, 2.24) is 15.1 Å². The van der Waals surface area contributed by atoms with Crippen LogP contribution in [0.3, 0.4) is 0 Å². The van der Waals surface area contributed by atoms with Gasteiger partial charge in [-0.15, -0.1) is 0 Å². The molecule has 2 amide bonds. The molecule has 2 rings (SSSR count). The van der Waals surface area contributed by atoms with Crippen LogP contribution in [0, 0.1) is 6.92 Å². The van der Waals surface area contributed by atoms with E-state index in [0.717, 1.165) is 11.1 Å². The average Bonchev–Trinajstić information content (AvgIpc) is 2.93. The first-order valence-corrected chi connectivity index (χ1v) is 7.31. The van der Waals surface area contributed by atoms with Gasteiger partial charge in [0.05, 0.1) is 12.3 Å². The molecule has 0 spiro atoms. The van der Waals surface area contributed by atoms with E-state index in [1.54, 1.807) is 16.9 Å². The Morgan fingerprint density at radius 3 is 2.73 bits per heavy atom. The number of benzene rings is 1. The number of nitrogens with zero attached hydrogens (tertiary/aromatic N) is 2. The molecule has 3 N–H and O–H groups in total. The monoisotopic (exact) mass is 302 g/mol. The molecule has 0 fully saturated rings. The SMILES string of the molecule is Cc1ccccc1C(O)CNC(=O)Nc1ccnn1C(C)C. The molecule has 6 nitrogen and oxygen atoms in total. The number of aliphatic hydroxyl groups is 1. The van der Waals surface area contributed by atoms with Gasteiger partial charge in [0.15, 0.2) is 0 Å². The number of carbonyl (C=O) groups is 1. The highest BCUT2D eigenvalue weighted by molar-refractivity contribution is 5.88. The minimum Gasteiger partial charge on any atom is -0.387 e. The highest BCUT2D eigenvalue weighted by Crippen LogP contribution is 2.16. The molecule has 1 aromatic carbocycles. The number of anilines is 1. The highest BCUT2D eigenvalue weighted by atomic mass is 16.3. The molecule has 0 aliphatic heterocycles. The van der Waals surface area contributed by atoms with E-state index in [4.69, 9.17) is 0 Å². The molecule has 1 heterocycles. The molecule has 0 aliphatic rings. The number of rotatable bonds is 5. The summed E-state index contributed by atoms with van der Waals surface area (Å²) in [6, 6.07) is 9.09. The number of aliphatic hydroxyl groups excluding tert-OH is 1. The molecule has 0 saturated heterocycles. The highest BCUT2D eigenvalue weighted by Gasteiger charge is 2.13. The van der Waals surface area contributed by atoms with Crippen LogP contribution in [0.5, 0.6) is 0 Å². The first kappa shape index (κ1) is 16.0. The molecule has 118 valence electrons. The van der Waals surface area contributed by atoms with Crippen LogP contribution in [0.2, 0.25) is 0 Å². The van der Waals surface area contributed by atoms with Crippen molar-refractivity contribution in [3.63, 3.8) is 0 Å². The summed E-state index contributed by atoms with van der Waals surface area (Å²) >= 11 is 0. The van der Waals surface area contributed by atoms with Crippen molar-refractivity contribution < 1.29 is 9.90 Å². The molecule has 22 heavy (non-hydrogen) atoms. The molecule has 1 unspecified atom stereocenters. The number of amides is 2. The maximum Gasteiger partial charge on any atom is 0.320 e. The van der Waals surface area contributed by atoms with Crippen LogP contribution in [-0.4, -0.2) is 27.5 Å². The third-order valence-corrected chi connectivity index (χ3v) is 3.40. The molecular formula is C16H22N4O2. The Morgan fingerprint density at radius 2 is 2.05 bits per heavy atom. The Labute approximate surface area is 130 Å². The third-order valence-electron chi connectivity index (χ3n) is 3.40. The standard InChI is InChI=1S/C16H22N4O2/c1-11(2)20-15(8-9-18-20)19-16(22)17-10-14(21)13-7-5-4-6-12(13)3/h4-9,11,14,21H,10H2,1-3H3,(H2,17,19,22). The average molecular weight is 302 g/mol. The van der Waals surface area contributed by atoms with Gasteiger partial charge in [0.25, 0.3) is 0 Å². The molecule has 2 aromatic rings. The van der Waals surface area contributed by atoms with Crippen molar-refractivity contribution in [2.24, 2.45) is 0 Å². The Hall–Kier alpha value is -2.34. The summed E-state index contributed by atoms with van der Waals surface area (Å²) in [6.07, 6.45) is 0.902. The lowest BCUT2D eigenvalue weighted by molar-refractivity contribution is 0.174. The summed E-state index contributed by atoms with van der Waals surface area (Å²) in [5, 5.41) is 19.7. The first-order valence-electron chi connectivity index (χ1n) is 7.31. The lowest BCUT2D eigenvalue weighted by Crippen LogP contribution is -2.33. The number of urea groups is 1. The second-order valence-corrected chi connectivity index (χ2v) is 5.46. The van der Waals surface area contributed by atoms with Gasteiger partial charge in [0.1, 0.15) is 5.82 Å². The minimum absolute atomic E-state index is 0.145. The second kappa shape index (κ2) is 7.09. The predicted molar refractivity (Wildman–Crippen MR) is 85.8 cm³/mol. The third kappa shape index (κ3) is 3.85. The van der Waals surface area contributed by atoms with Gasteiger partial charge in [0, 0.05) is 18.7 Å². The van der Waals surface area contributed by atoms with Crippen molar-refractivity contribution >= 4 is 11.8 Å². The van der Waals surface area contributed by atoms with Crippen molar-refractivity contribution in [2.75, 3.05) is 11.9 Å². The van der Waals surface area contributed by atoms with E-state index >= 15 is 0 Å². The summed E-state index contributed by atoms with van der Waals surface area (Å²) in [6.45, 7) is 6.04. The predicted octanol–water partition coefficient (Wildman–Crippen LogP) is 2.63. The number of aromatic nitrogens is 2. The zero-order valence-corrected chi connectivity index (χ0v) is 13.1. The van der Waals surface area contributed by atoms with E-state index < -0.39 is 6.10 Å². The molecule has 0 bridgehead atoms. The van der Waals surface area contributed by atoms with E-state index in [0.29, 0.717) is 5.82 Å². The topological polar surface area (TPSA) is 79.2 Å². The van der Waals surface area contributed by atoms with Crippen LogP contribution in [0.25, 0.3) is 0 Å². The van der Waals surface area contributed by atoms with Gasteiger partial charge in [0.2, 0.25) is 0 Å². The Bertz CT molecular complexity index is 637. The van der Waals surface area contributed by atoms with Crippen LogP contribution in [0.4, 0.5) is 10.6 Å². The summed E-state index contributed by atoms with van der Waals surface area (Å²) in [7, 11) is 0.